The topological polar surface area (TPSA) is 64.3 Å². The summed E-state index contributed by atoms with van der Waals surface area (Å²) < 4.78 is 5.46. The number of nitrogens with one attached hydrogen (secondary N) is 1. The highest BCUT2D eigenvalue weighted by Crippen LogP contribution is 2.18. The third-order valence-electron chi connectivity index (χ3n) is 2.56. The summed E-state index contributed by atoms with van der Waals surface area (Å²) in [5.41, 5.74) is 8.07. The summed E-state index contributed by atoms with van der Waals surface area (Å²) >= 11 is 0. The smallest absolute Gasteiger partial charge is 0.253 e. The second kappa shape index (κ2) is 6.40. The van der Waals surface area contributed by atoms with Crippen molar-refractivity contribution < 1.29 is 9.53 Å². The molecule has 1 aromatic carbocycles. The normalized spacial score (nSPS) is 12.5. The zero-order chi connectivity index (χ0) is 13.7. The quantitative estimate of drug-likeness (QED) is 0.789. The molecule has 0 saturated heterocycles. The molecular formula is C14H22N2O2. The van der Waals surface area contributed by atoms with Gasteiger partial charge in [0.15, 0.2) is 0 Å². The van der Waals surface area contributed by atoms with Gasteiger partial charge in [-0.05, 0) is 43.5 Å². The predicted molar refractivity (Wildman–Crippen MR) is 74.5 cm³/mol. The SMILES string of the molecule is Cc1cc(N)ccc1NC(=O)C(C)OCC(C)C. The monoisotopic (exact) mass is 250 g/mol. The standard InChI is InChI=1S/C14H22N2O2/c1-9(2)8-18-11(4)14(17)16-13-6-5-12(15)7-10(13)3/h5-7,9,11H,8,15H2,1-4H3,(H,16,17). The molecule has 0 aliphatic rings. The van der Waals surface area contributed by atoms with E-state index in [-0.39, 0.29) is 5.91 Å². The number of anilines is 2. The van der Waals surface area contributed by atoms with Crippen LogP contribution in [0.15, 0.2) is 18.2 Å². The molecule has 4 heteroatoms. The van der Waals surface area contributed by atoms with Gasteiger partial charge in [0, 0.05) is 18.0 Å². The maximum Gasteiger partial charge on any atom is 0.253 e. The predicted octanol–water partition coefficient (Wildman–Crippen LogP) is 2.58. The fourth-order valence-electron chi connectivity index (χ4n) is 1.47. The first-order chi connectivity index (χ1) is 8.40. The number of ether oxygens (including phenoxy) is 1. The van der Waals surface area contributed by atoms with Gasteiger partial charge >= 0.3 is 0 Å². The molecule has 0 aliphatic heterocycles. The van der Waals surface area contributed by atoms with Gasteiger partial charge in [-0.25, -0.2) is 0 Å². The summed E-state index contributed by atoms with van der Waals surface area (Å²) in [5, 5.41) is 2.84. The molecule has 18 heavy (non-hydrogen) atoms. The minimum atomic E-state index is -0.454. The van der Waals surface area contributed by atoms with Gasteiger partial charge < -0.3 is 15.8 Å². The van der Waals surface area contributed by atoms with Gasteiger partial charge in [0.1, 0.15) is 6.10 Å². The molecule has 0 aromatic heterocycles. The molecular weight excluding hydrogens is 228 g/mol. The summed E-state index contributed by atoms with van der Waals surface area (Å²) in [5.74, 6) is 0.280. The summed E-state index contributed by atoms with van der Waals surface area (Å²) in [4.78, 5) is 11.9. The number of carbonyl (C=O) groups excluding carboxylic acids is 1. The Balaban J connectivity index is 2.58. The molecule has 1 atom stereocenters. The van der Waals surface area contributed by atoms with Crippen molar-refractivity contribution in [2.75, 3.05) is 17.7 Å². The number of benzene rings is 1. The van der Waals surface area contributed by atoms with E-state index in [1.807, 2.05) is 13.0 Å². The van der Waals surface area contributed by atoms with E-state index in [4.69, 9.17) is 10.5 Å². The van der Waals surface area contributed by atoms with E-state index in [2.05, 4.69) is 19.2 Å². The number of amides is 1. The van der Waals surface area contributed by atoms with E-state index in [0.29, 0.717) is 18.2 Å². The van der Waals surface area contributed by atoms with Gasteiger partial charge in [0.25, 0.3) is 5.91 Å². The van der Waals surface area contributed by atoms with Gasteiger partial charge in [0.05, 0.1) is 0 Å². The van der Waals surface area contributed by atoms with Crippen molar-refractivity contribution in [3.05, 3.63) is 23.8 Å². The second-order valence-electron chi connectivity index (χ2n) is 4.93. The number of nitrogen functional groups attached to an aromatic ring is 1. The third-order valence-corrected chi connectivity index (χ3v) is 2.56. The van der Waals surface area contributed by atoms with Crippen molar-refractivity contribution in [2.45, 2.75) is 33.8 Å². The molecule has 3 N–H and O–H groups in total. The lowest BCUT2D eigenvalue weighted by molar-refractivity contribution is -0.126. The Morgan fingerprint density at radius 1 is 1.39 bits per heavy atom. The molecule has 1 unspecified atom stereocenters. The second-order valence-corrected chi connectivity index (χ2v) is 4.93. The number of aryl methyl sites for hydroxylation is 1. The zero-order valence-corrected chi connectivity index (χ0v) is 11.5. The fourth-order valence-corrected chi connectivity index (χ4v) is 1.47. The fraction of sp³-hybridized carbons (Fsp3) is 0.500. The Hall–Kier alpha value is -1.55. The highest BCUT2D eigenvalue weighted by Gasteiger charge is 2.14. The first kappa shape index (κ1) is 14.5. The van der Waals surface area contributed by atoms with Crippen LogP contribution in [0.4, 0.5) is 11.4 Å². The number of rotatable bonds is 5. The maximum absolute atomic E-state index is 11.9. The van der Waals surface area contributed by atoms with Crippen LogP contribution in [-0.4, -0.2) is 18.6 Å². The van der Waals surface area contributed by atoms with Crippen molar-refractivity contribution >= 4 is 17.3 Å². The summed E-state index contributed by atoms with van der Waals surface area (Å²) in [6.07, 6.45) is -0.454. The molecule has 1 aromatic rings. The van der Waals surface area contributed by atoms with Gasteiger partial charge in [-0.15, -0.1) is 0 Å². The van der Waals surface area contributed by atoms with E-state index < -0.39 is 6.10 Å². The zero-order valence-electron chi connectivity index (χ0n) is 11.5. The van der Waals surface area contributed by atoms with Crippen LogP contribution in [0.1, 0.15) is 26.3 Å². The first-order valence-electron chi connectivity index (χ1n) is 6.18. The van der Waals surface area contributed by atoms with Crippen LogP contribution in [0.5, 0.6) is 0 Å². The molecule has 0 spiro atoms. The summed E-state index contributed by atoms with van der Waals surface area (Å²) in [6.45, 7) is 8.34. The highest BCUT2D eigenvalue weighted by molar-refractivity contribution is 5.94. The lowest BCUT2D eigenvalue weighted by Crippen LogP contribution is -2.29. The van der Waals surface area contributed by atoms with Crippen LogP contribution in [0.25, 0.3) is 0 Å². The molecule has 0 radical (unpaired) electrons. The highest BCUT2D eigenvalue weighted by atomic mass is 16.5. The Morgan fingerprint density at radius 2 is 2.06 bits per heavy atom. The minimum absolute atomic E-state index is 0.136. The Bertz CT molecular complexity index is 416. The van der Waals surface area contributed by atoms with Crippen LogP contribution < -0.4 is 11.1 Å². The number of hydrogen-bond acceptors (Lipinski definition) is 3. The van der Waals surface area contributed by atoms with Crippen LogP contribution in [0.2, 0.25) is 0 Å². The van der Waals surface area contributed by atoms with E-state index >= 15 is 0 Å². The van der Waals surface area contributed by atoms with E-state index in [0.717, 1.165) is 11.3 Å². The summed E-state index contributed by atoms with van der Waals surface area (Å²) in [6, 6.07) is 5.40. The van der Waals surface area contributed by atoms with Crippen molar-refractivity contribution in [1.29, 1.82) is 0 Å². The van der Waals surface area contributed by atoms with Crippen molar-refractivity contribution in [3.8, 4) is 0 Å². The third kappa shape index (κ3) is 4.37. The molecule has 1 amide bonds. The lowest BCUT2D eigenvalue weighted by atomic mass is 10.1. The molecule has 4 nitrogen and oxygen atoms in total. The molecule has 0 aliphatic carbocycles. The van der Waals surface area contributed by atoms with Crippen LogP contribution in [0, 0.1) is 12.8 Å². The average molecular weight is 250 g/mol. The lowest BCUT2D eigenvalue weighted by Gasteiger charge is -2.16. The van der Waals surface area contributed by atoms with Crippen molar-refractivity contribution in [1.82, 2.24) is 0 Å². The average Bonchev–Trinajstić information content (AvgIpc) is 2.29. The van der Waals surface area contributed by atoms with Gasteiger partial charge in [-0.1, -0.05) is 13.8 Å². The van der Waals surface area contributed by atoms with E-state index in [1.165, 1.54) is 0 Å². The van der Waals surface area contributed by atoms with Gasteiger partial charge in [0.2, 0.25) is 0 Å². The summed E-state index contributed by atoms with van der Waals surface area (Å²) in [7, 11) is 0. The van der Waals surface area contributed by atoms with Crippen molar-refractivity contribution in [3.63, 3.8) is 0 Å². The van der Waals surface area contributed by atoms with Gasteiger partial charge in [-0.3, -0.25) is 4.79 Å². The largest absolute Gasteiger partial charge is 0.399 e. The molecule has 1 rings (SSSR count). The van der Waals surface area contributed by atoms with E-state index in [1.54, 1.807) is 19.1 Å². The number of carbonyl (C=O) groups is 1. The molecule has 0 saturated carbocycles. The van der Waals surface area contributed by atoms with Gasteiger partial charge in [-0.2, -0.15) is 0 Å². The van der Waals surface area contributed by atoms with Crippen LogP contribution in [0.3, 0.4) is 0 Å². The maximum atomic E-state index is 11.9. The minimum Gasteiger partial charge on any atom is -0.399 e. The van der Waals surface area contributed by atoms with Crippen LogP contribution >= 0.6 is 0 Å². The Morgan fingerprint density at radius 3 is 2.61 bits per heavy atom. The Labute approximate surface area is 109 Å². The Kier molecular flexibility index (Phi) is 5.16. The molecule has 0 fully saturated rings. The first-order valence-corrected chi connectivity index (χ1v) is 6.18. The number of nitrogens with two attached hydrogens (primary N) is 1. The molecule has 0 bridgehead atoms. The van der Waals surface area contributed by atoms with Crippen molar-refractivity contribution in [2.24, 2.45) is 5.92 Å². The molecule has 100 valence electrons. The molecule has 0 heterocycles. The van der Waals surface area contributed by atoms with E-state index in [9.17, 15) is 4.79 Å². The number of hydrogen-bond donors (Lipinski definition) is 2. The van der Waals surface area contributed by atoms with Crippen LogP contribution in [-0.2, 0) is 9.53 Å².